The summed E-state index contributed by atoms with van der Waals surface area (Å²) in [4.78, 5) is 19.6. The van der Waals surface area contributed by atoms with Gasteiger partial charge in [-0.25, -0.2) is 13.4 Å². The summed E-state index contributed by atoms with van der Waals surface area (Å²) in [5.41, 5.74) is 2.04. The molecule has 2 aromatic heterocycles. The van der Waals surface area contributed by atoms with Crippen LogP contribution in [0.2, 0.25) is 0 Å². The second kappa shape index (κ2) is 7.96. The van der Waals surface area contributed by atoms with Crippen LogP contribution in [0.1, 0.15) is 16.1 Å². The van der Waals surface area contributed by atoms with Gasteiger partial charge in [-0.05, 0) is 38.2 Å². The average Bonchev–Trinajstić information content (AvgIpc) is 3.34. The van der Waals surface area contributed by atoms with E-state index in [0.29, 0.717) is 47.1 Å². The van der Waals surface area contributed by atoms with Gasteiger partial charge in [0, 0.05) is 37.1 Å². The Bertz CT molecular complexity index is 1430. The number of aryl methyl sites for hydroxylation is 1. The number of furan rings is 1. The predicted molar refractivity (Wildman–Crippen MR) is 125 cm³/mol. The average molecular weight is 471 g/mol. The molecular weight excluding hydrogens is 448 g/mol. The van der Waals surface area contributed by atoms with Gasteiger partial charge < -0.3 is 9.32 Å². The predicted octanol–water partition coefficient (Wildman–Crippen LogP) is 3.54. The first-order chi connectivity index (χ1) is 15.3. The Morgan fingerprint density at radius 2 is 1.88 bits per heavy atom. The maximum Gasteiger partial charge on any atom is 0.293 e. The maximum absolute atomic E-state index is 13.0. The maximum atomic E-state index is 13.0. The van der Waals surface area contributed by atoms with Gasteiger partial charge in [-0.1, -0.05) is 29.5 Å². The number of carbonyl (C=O) groups excluding carboxylic acids is 1. The van der Waals surface area contributed by atoms with Gasteiger partial charge in [0.15, 0.2) is 10.9 Å². The Balaban J connectivity index is 1.40. The van der Waals surface area contributed by atoms with Gasteiger partial charge in [-0.15, -0.1) is 0 Å². The lowest BCUT2D eigenvalue weighted by Gasteiger charge is -2.31. The molecule has 0 bridgehead atoms. The van der Waals surface area contributed by atoms with Crippen LogP contribution in [-0.4, -0.2) is 61.7 Å². The Labute approximate surface area is 189 Å². The zero-order chi connectivity index (χ0) is 22.5. The zero-order valence-electron chi connectivity index (χ0n) is 17.7. The van der Waals surface area contributed by atoms with Gasteiger partial charge in [-0.3, -0.25) is 10.1 Å². The molecule has 1 amide bonds. The van der Waals surface area contributed by atoms with E-state index in [9.17, 15) is 13.2 Å². The first-order valence-electron chi connectivity index (χ1n) is 10.2. The van der Waals surface area contributed by atoms with E-state index in [1.165, 1.54) is 15.6 Å². The Hall–Kier alpha value is -2.79. The highest BCUT2D eigenvalue weighted by Crippen LogP contribution is 2.31. The summed E-state index contributed by atoms with van der Waals surface area (Å²) >= 11 is 1.23. The molecule has 1 aliphatic rings. The van der Waals surface area contributed by atoms with E-state index < -0.39 is 10.0 Å². The largest absolute Gasteiger partial charge is 0.451 e. The molecule has 166 valence electrons. The second-order valence-electron chi connectivity index (χ2n) is 7.86. The van der Waals surface area contributed by atoms with Crippen LogP contribution >= 0.6 is 11.3 Å². The van der Waals surface area contributed by atoms with Gasteiger partial charge in [0.25, 0.3) is 5.91 Å². The van der Waals surface area contributed by atoms with Crippen LogP contribution in [0.25, 0.3) is 21.2 Å². The number of anilines is 1. The molecule has 1 aliphatic heterocycles. The van der Waals surface area contributed by atoms with Crippen LogP contribution in [-0.2, 0) is 10.0 Å². The summed E-state index contributed by atoms with van der Waals surface area (Å²) in [5.74, 6) is -0.146. The number of carbonyl (C=O) groups is 1. The minimum atomic E-state index is -3.57. The van der Waals surface area contributed by atoms with E-state index in [-0.39, 0.29) is 16.6 Å². The summed E-state index contributed by atoms with van der Waals surface area (Å²) in [6, 6.07) is 12.4. The van der Waals surface area contributed by atoms with E-state index in [0.717, 1.165) is 10.9 Å². The molecule has 8 nitrogen and oxygen atoms in total. The van der Waals surface area contributed by atoms with E-state index in [1.807, 2.05) is 38.2 Å². The first-order valence-corrected chi connectivity index (χ1v) is 12.5. The summed E-state index contributed by atoms with van der Waals surface area (Å²) in [7, 11) is -1.59. The SMILES string of the molecule is Cc1c(C(=O)Nc2nc3ccc(S(=O)(=O)N4CCN(C)CC4)cc3s2)oc2ccccc12. The second-order valence-corrected chi connectivity index (χ2v) is 10.8. The number of sulfonamides is 1. The third-order valence-electron chi connectivity index (χ3n) is 5.73. The third-order valence-corrected chi connectivity index (χ3v) is 8.56. The number of fused-ring (bicyclic) bond motifs is 2. The highest BCUT2D eigenvalue weighted by Gasteiger charge is 2.28. The van der Waals surface area contributed by atoms with Crippen molar-refractivity contribution in [2.24, 2.45) is 0 Å². The molecule has 1 saturated heterocycles. The summed E-state index contributed by atoms with van der Waals surface area (Å²) < 4.78 is 34.0. The number of hydrogen-bond acceptors (Lipinski definition) is 7. The molecule has 0 aliphatic carbocycles. The third kappa shape index (κ3) is 3.69. The van der Waals surface area contributed by atoms with E-state index in [4.69, 9.17) is 4.42 Å². The van der Waals surface area contributed by atoms with Crippen molar-refractivity contribution in [3.63, 3.8) is 0 Å². The van der Waals surface area contributed by atoms with Crippen LogP contribution in [0, 0.1) is 6.92 Å². The molecular formula is C22H22N4O4S2. The van der Waals surface area contributed by atoms with Crippen molar-refractivity contribution in [2.75, 3.05) is 38.5 Å². The van der Waals surface area contributed by atoms with Crippen molar-refractivity contribution in [2.45, 2.75) is 11.8 Å². The topological polar surface area (TPSA) is 95.7 Å². The van der Waals surface area contributed by atoms with Crippen molar-refractivity contribution >= 4 is 53.6 Å². The van der Waals surface area contributed by atoms with Gasteiger partial charge in [0.1, 0.15) is 5.58 Å². The Kier molecular flexibility index (Phi) is 5.25. The fourth-order valence-corrected chi connectivity index (χ4v) is 6.26. The summed E-state index contributed by atoms with van der Waals surface area (Å²) in [6.07, 6.45) is 0. The van der Waals surface area contributed by atoms with Gasteiger partial charge in [-0.2, -0.15) is 4.31 Å². The van der Waals surface area contributed by atoms with Crippen LogP contribution in [0.4, 0.5) is 5.13 Å². The molecule has 1 N–H and O–H groups in total. The minimum absolute atomic E-state index is 0.240. The molecule has 0 saturated carbocycles. The standard InChI is InChI=1S/C22H22N4O4S2/c1-14-16-5-3-4-6-18(16)30-20(14)21(27)24-22-23-17-8-7-15(13-19(17)31-22)32(28,29)26-11-9-25(2)10-12-26/h3-8,13H,9-12H2,1-2H3,(H,23,24,27). The van der Waals surface area contributed by atoms with Crippen molar-refractivity contribution in [1.82, 2.24) is 14.2 Å². The zero-order valence-corrected chi connectivity index (χ0v) is 19.3. The van der Waals surface area contributed by atoms with Crippen LogP contribution in [0.15, 0.2) is 51.8 Å². The fraction of sp³-hybridized carbons (Fsp3) is 0.273. The molecule has 32 heavy (non-hydrogen) atoms. The van der Waals surface area contributed by atoms with Crippen LogP contribution in [0.5, 0.6) is 0 Å². The molecule has 1 fully saturated rings. The molecule has 0 spiro atoms. The monoisotopic (exact) mass is 470 g/mol. The number of likely N-dealkylation sites (N-methyl/N-ethyl adjacent to an activating group) is 1. The van der Waals surface area contributed by atoms with Gasteiger partial charge in [0.2, 0.25) is 10.0 Å². The number of para-hydroxylation sites is 1. The van der Waals surface area contributed by atoms with Crippen LogP contribution < -0.4 is 5.32 Å². The number of aromatic nitrogens is 1. The van der Waals surface area contributed by atoms with E-state index in [2.05, 4.69) is 15.2 Å². The molecule has 0 radical (unpaired) electrons. The molecule has 10 heteroatoms. The molecule has 2 aromatic carbocycles. The van der Waals surface area contributed by atoms with Crippen LogP contribution in [0.3, 0.4) is 0 Å². The Morgan fingerprint density at radius 3 is 2.62 bits per heavy atom. The number of amides is 1. The van der Waals surface area contributed by atoms with Gasteiger partial charge >= 0.3 is 0 Å². The number of rotatable bonds is 4. The highest BCUT2D eigenvalue weighted by molar-refractivity contribution is 7.89. The van der Waals surface area contributed by atoms with Crippen molar-refractivity contribution in [3.8, 4) is 0 Å². The highest BCUT2D eigenvalue weighted by atomic mass is 32.2. The normalized spacial score (nSPS) is 16.1. The fourth-order valence-electron chi connectivity index (χ4n) is 3.84. The number of piperazine rings is 1. The van der Waals surface area contributed by atoms with Crippen molar-refractivity contribution < 1.29 is 17.6 Å². The lowest BCUT2D eigenvalue weighted by Crippen LogP contribution is -2.46. The van der Waals surface area contributed by atoms with Gasteiger partial charge in [0.05, 0.1) is 15.1 Å². The summed E-state index contributed by atoms with van der Waals surface area (Å²) in [5, 5.41) is 4.06. The quantitative estimate of drug-likeness (QED) is 0.490. The number of nitrogens with zero attached hydrogens (tertiary/aromatic N) is 3. The number of hydrogen-bond donors (Lipinski definition) is 1. The Morgan fingerprint density at radius 1 is 1.12 bits per heavy atom. The number of nitrogens with one attached hydrogen (secondary N) is 1. The molecule has 0 unspecified atom stereocenters. The summed E-state index contributed by atoms with van der Waals surface area (Å²) in [6.45, 7) is 4.20. The molecule has 0 atom stereocenters. The minimum Gasteiger partial charge on any atom is -0.451 e. The van der Waals surface area contributed by atoms with E-state index in [1.54, 1.807) is 18.2 Å². The molecule has 4 aromatic rings. The number of benzene rings is 2. The lowest BCUT2D eigenvalue weighted by molar-refractivity contribution is 0.0998. The first kappa shape index (κ1) is 21.1. The van der Waals surface area contributed by atoms with E-state index >= 15 is 0 Å². The number of thiazole rings is 1. The smallest absolute Gasteiger partial charge is 0.293 e. The molecule has 3 heterocycles. The van der Waals surface area contributed by atoms with Crippen molar-refractivity contribution in [1.29, 1.82) is 0 Å². The van der Waals surface area contributed by atoms with Crippen molar-refractivity contribution in [3.05, 3.63) is 53.8 Å². The lowest BCUT2D eigenvalue weighted by atomic mass is 10.1. The molecule has 5 rings (SSSR count).